The van der Waals surface area contributed by atoms with E-state index in [4.69, 9.17) is 0 Å². The first-order valence-electron chi connectivity index (χ1n) is 6.59. The fourth-order valence-electron chi connectivity index (χ4n) is 2.23. The van der Waals surface area contributed by atoms with E-state index in [0.717, 1.165) is 34.7 Å². The minimum Gasteiger partial charge on any atom is -0.345 e. The standard InChI is InChI=1S/C14H15N5/c1-4-11-12(18-8-17-11)5-9(1)13-6-16-14(19-13)7-15-10-2-3-10/h1,4-6,8,10,15H,2-3,7H2,(H,16,19)(H,17,18). The molecule has 19 heavy (non-hydrogen) atoms. The number of imidazole rings is 2. The van der Waals surface area contributed by atoms with Crippen molar-refractivity contribution in [1.29, 1.82) is 0 Å². The van der Waals surface area contributed by atoms with Gasteiger partial charge >= 0.3 is 0 Å². The SMILES string of the molecule is c1nc2ccc(-c3cnc(CNC4CC4)[nH]3)cc2[nH]1. The van der Waals surface area contributed by atoms with Crippen molar-refractivity contribution >= 4 is 11.0 Å². The van der Waals surface area contributed by atoms with Crippen molar-refractivity contribution in [3.05, 3.63) is 36.5 Å². The zero-order valence-corrected chi connectivity index (χ0v) is 10.5. The van der Waals surface area contributed by atoms with Gasteiger partial charge in [-0.2, -0.15) is 0 Å². The highest BCUT2D eigenvalue weighted by Gasteiger charge is 2.20. The van der Waals surface area contributed by atoms with Crippen molar-refractivity contribution in [1.82, 2.24) is 25.3 Å². The largest absolute Gasteiger partial charge is 0.345 e. The van der Waals surface area contributed by atoms with Crippen LogP contribution in [0.3, 0.4) is 0 Å². The first-order chi connectivity index (χ1) is 9.38. The number of nitrogens with one attached hydrogen (secondary N) is 3. The van der Waals surface area contributed by atoms with Gasteiger partial charge in [0, 0.05) is 11.6 Å². The molecule has 0 aliphatic heterocycles. The van der Waals surface area contributed by atoms with Crippen LogP contribution in [-0.4, -0.2) is 26.0 Å². The Morgan fingerprint density at radius 1 is 1.26 bits per heavy atom. The Morgan fingerprint density at radius 3 is 3.11 bits per heavy atom. The molecule has 1 fully saturated rings. The van der Waals surface area contributed by atoms with Crippen molar-refractivity contribution in [3.8, 4) is 11.3 Å². The molecule has 0 atom stereocenters. The summed E-state index contributed by atoms with van der Waals surface area (Å²) in [5.41, 5.74) is 4.20. The van der Waals surface area contributed by atoms with Crippen molar-refractivity contribution < 1.29 is 0 Å². The van der Waals surface area contributed by atoms with Crippen LogP contribution in [0, 0.1) is 0 Å². The highest BCUT2D eigenvalue weighted by atomic mass is 15.0. The van der Waals surface area contributed by atoms with E-state index in [-0.39, 0.29) is 0 Å². The van der Waals surface area contributed by atoms with E-state index in [2.05, 4.69) is 37.4 Å². The number of rotatable bonds is 4. The highest BCUT2D eigenvalue weighted by molar-refractivity contribution is 5.80. The van der Waals surface area contributed by atoms with E-state index in [1.165, 1.54) is 12.8 Å². The third-order valence-electron chi connectivity index (χ3n) is 3.50. The Hall–Kier alpha value is -2.14. The predicted octanol–water partition coefficient (Wildman–Crippen LogP) is 2.20. The van der Waals surface area contributed by atoms with Crippen LogP contribution in [0.4, 0.5) is 0 Å². The van der Waals surface area contributed by atoms with Gasteiger partial charge in [-0.15, -0.1) is 0 Å². The zero-order chi connectivity index (χ0) is 12.7. The molecule has 1 aromatic carbocycles. The average molecular weight is 253 g/mol. The summed E-state index contributed by atoms with van der Waals surface area (Å²) in [6.07, 6.45) is 6.20. The van der Waals surface area contributed by atoms with Gasteiger partial charge in [-0.1, -0.05) is 6.07 Å². The van der Waals surface area contributed by atoms with Crippen LogP contribution in [0.5, 0.6) is 0 Å². The second kappa shape index (κ2) is 4.20. The molecule has 0 radical (unpaired) electrons. The van der Waals surface area contributed by atoms with Gasteiger partial charge in [-0.05, 0) is 25.0 Å². The smallest absolute Gasteiger partial charge is 0.120 e. The first kappa shape index (κ1) is 10.8. The second-order valence-electron chi connectivity index (χ2n) is 5.03. The summed E-state index contributed by atoms with van der Waals surface area (Å²) in [4.78, 5) is 15.1. The molecule has 5 nitrogen and oxygen atoms in total. The predicted molar refractivity (Wildman–Crippen MR) is 73.5 cm³/mol. The van der Waals surface area contributed by atoms with Crippen LogP contribution in [0.15, 0.2) is 30.7 Å². The summed E-state index contributed by atoms with van der Waals surface area (Å²) in [6, 6.07) is 6.88. The number of fused-ring (bicyclic) bond motifs is 1. The second-order valence-corrected chi connectivity index (χ2v) is 5.03. The number of nitrogens with zero attached hydrogens (tertiary/aromatic N) is 2. The molecule has 4 rings (SSSR count). The van der Waals surface area contributed by atoms with Gasteiger partial charge in [-0.3, -0.25) is 0 Å². The lowest BCUT2D eigenvalue weighted by atomic mass is 10.1. The molecule has 0 amide bonds. The molecule has 1 saturated carbocycles. The van der Waals surface area contributed by atoms with Crippen LogP contribution in [0.1, 0.15) is 18.7 Å². The summed E-state index contributed by atoms with van der Waals surface area (Å²) >= 11 is 0. The topological polar surface area (TPSA) is 69.4 Å². The zero-order valence-electron chi connectivity index (χ0n) is 10.5. The van der Waals surface area contributed by atoms with E-state index in [9.17, 15) is 0 Å². The number of hydrogen-bond acceptors (Lipinski definition) is 3. The van der Waals surface area contributed by atoms with Gasteiger partial charge in [0.05, 0.1) is 35.8 Å². The van der Waals surface area contributed by atoms with E-state index in [0.29, 0.717) is 6.04 Å². The van der Waals surface area contributed by atoms with Crippen LogP contribution in [-0.2, 0) is 6.54 Å². The molecular formula is C14H15N5. The van der Waals surface area contributed by atoms with Gasteiger partial charge in [0.2, 0.25) is 0 Å². The monoisotopic (exact) mass is 253 g/mol. The number of aromatic nitrogens is 4. The molecule has 3 aromatic rings. The lowest BCUT2D eigenvalue weighted by molar-refractivity contribution is 0.664. The van der Waals surface area contributed by atoms with Gasteiger partial charge in [-0.25, -0.2) is 9.97 Å². The molecule has 0 unspecified atom stereocenters. The first-order valence-corrected chi connectivity index (χ1v) is 6.59. The lowest BCUT2D eigenvalue weighted by Crippen LogP contribution is -2.16. The third kappa shape index (κ3) is 2.13. The molecule has 2 aromatic heterocycles. The summed E-state index contributed by atoms with van der Waals surface area (Å²) in [5.74, 6) is 0.992. The average Bonchev–Trinajstić information content (AvgIpc) is 2.96. The van der Waals surface area contributed by atoms with E-state index >= 15 is 0 Å². The molecule has 2 heterocycles. The summed E-state index contributed by atoms with van der Waals surface area (Å²) in [6.45, 7) is 0.816. The maximum atomic E-state index is 4.42. The van der Waals surface area contributed by atoms with Gasteiger partial charge in [0.1, 0.15) is 5.82 Å². The Labute approximate surface area is 110 Å². The minimum atomic E-state index is 0.704. The maximum Gasteiger partial charge on any atom is 0.120 e. The highest BCUT2D eigenvalue weighted by Crippen LogP contribution is 2.22. The molecule has 1 aliphatic carbocycles. The quantitative estimate of drug-likeness (QED) is 0.667. The van der Waals surface area contributed by atoms with Crippen LogP contribution >= 0.6 is 0 Å². The van der Waals surface area contributed by atoms with E-state index < -0.39 is 0 Å². The third-order valence-corrected chi connectivity index (χ3v) is 3.50. The molecular weight excluding hydrogens is 238 g/mol. The van der Waals surface area contributed by atoms with Gasteiger partial charge in [0.15, 0.2) is 0 Å². The van der Waals surface area contributed by atoms with Gasteiger partial charge < -0.3 is 15.3 Å². The molecule has 3 N–H and O–H groups in total. The summed E-state index contributed by atoms with van der Waals surface area (Å²) in [5, 5.41) is 3.45. The van der Waals surface area contributed by atoms with Crippen molar-refractivity contribution in [2.24, 2.45) is 0 Å². The Balaban J connectivity index is 1.59. The van der Waals surface area contributed by atoms with Crippen molar-refractivity contribution in [2.45, 2.75) is 25.4 Å². The van der Waals surface area contributed by atoms with E-state index in [1.807, 2.05) is 12.3 Å². The maximum absolute atomic E-state index is 4.42. The van der Waals surface area contributed by atoms with Crippen molar-refractivity contribution in [2.75, 3.05) is 0 Å². The Morgan fingerprint density at radius 2 is 2.21 bits per heavy atom. The van der Waals surface area contributed by atoms with Crippen LogP contribution < -0.4 is 5.32 Å². The Kier molecular flexibility index (Phi) is 2.38. The lowest BCUT2D eigenvalue weighted by Gasteiger charge is -1.99. The number of benzene rings is 1. The fraction of sp³-hybridized carbons (Fsp3) is 0.286. The molecule has 0 bridgehead atoms. The fourth-order valence-corrected chi connectivity index (χ4v) is 2.23. The minimum absolute atomic E-state index is 0.704. The molecule has 1 aliphatic rings. The van der Waals surface area contributed by atoms with Crippen LogP contribution in [0.2, 0.25) is 0 Å². The molecule has 0 saturated heterocycles. The number of hydrogen-bond donors (Lipinski definition) is 3. The number of aromatic amines is 2. The van der Waals surface area contributed by atoms with Crippen LogP contribution in [0.25, 0.3) is 22.3 Å². The Bertz CT molecular complexity index is 707. The van der Waals surface area contributed by atoms with Crippen molar-refractivity contribution in [3.63, 3.8) is 0 Å². The summed E-state index contributed by atoms with van der Waals surface area (Å²) in [7, 11) is 0. The molecule has 5 heteroatoms. The van der Waals surface area contributed by atoms with Gasteiger partial charge in [0.25, 0.3) is 0 Å². The summed E-state index contributed by atoms with van der Waals surface area (Å²) < 4.78 is 0. The normalized spacial score (nSPS) is 15.2. The molecule has 0 spiro atoms. The van der Waals surface area contributed by atoms with E-state index in [1.54, 1.807) is 6.33 Å². The molecule has 96 valence electrons. The number of H-pyrrole nitrogens is 2.